The zero-order valence-electron chi connectivity index (χ0n) is 20.1. The standard InChI is InChI=1S/C29H26ClN3O4/c1-19-11-13-21(14-12-19)25(17-26(34)35)31-29(37)32-27-23(20-7-3-2-4-8-20)15-16-33(28(27)36)18-22-9-5-6-10-24(22)30/h2-16,25H,17-18H2,1H3,(H,34,35)(H2,31,32,37)/t25-/m1/s1. The maximum absolute atomic E-state index is 13.6. The van der Waals surface area contributed by atoms with Gasteiger partial charge in [-0.1, -0.05) is 90.0 Å². The molecule has 7 nitrogen and oxygen atoms in total. The number of benzene rings is 3. The highest BCUT2D eigenvalue weighted by Crippen LogP contribution is 2.26. The second-order valence-electron chi connectivity index (χ2n) is 8.65. The minimum absolute atomic E-state index is 0.0798. The van der Waals surface area contributed by atoms with E-state index in [1.807, 2.05) is 67.6 Å². The van der Waals surface area contributed by atoms with Crippen LogP contribution in [0.2, 0.25) is 5.02 Å². The number of carbonyl (C=O) groups excluding carboxylic acids is 1. The van der Waals surface area contributed by atoms with E-state index in [1.54, 1.807) is 30.5 Å². The van der Waals surface area contributed by atoms with E-state index in [0.29, 0.717) is 16.1 Å². The Balaban J connectivity index is 1.68. The number of amides is 2. The molecule has 188 valence electrons. The molecule has 2 amide bonds. The van der Waals surface area contributed by atoms with Crippen LogP contribution in [0.25, 0.3) is 11.1 Å². The molecule has 0 fully saturated rings. The average Bonchev–Trinajstić information content (AvgIpc) is 2.88. The van der Waals surface area contributed by atoms with Crippen LogP contribution in [-0.4, -0.2) is 21.7 Å². The fourth-order valence-electron chi connectivity index (χ4n) is 4.02. The molecule has 0 saturated heterocycles. The molecule has 1 aromatic heterocycles. The van der Waals surface area contributed by atoms with Gasteiger partial charge in [0.25, 0.3) is 5.56 Å². The number of hydrogen-bond acceptors (Lipinski definition) is 3. The van der Waals surface area contributed by atoms with Gasteiger partial charge in [0.1, 0.15) is 5.69 Å². The second kappa shape index (κ2) is 11.6. The minimum atomic E-state index is -1.06. The molecule has 1 atom stereocenters. The van der Waals surface area contributed by atoms with Gasteiger partial charge in [0, 0.05) is 16.8 Å². The van der Waals surface area contributed by atoms with E-state index < -0.39 is 23.6 Å². The summed E-state index contributed by atoms with van der Waals surface area (Å²) in [6.07, 6.45) is 1.35. The predicted octanol–water partition coefficient (Wildman–Crippen LogP) is 5.86. The van der Waals surface area contributed by atoms with Crippen LogP contribution in [0.3, 0.4) is 0 Å². The van der Waals surface area contributed by atoms with E-state index in [0.717, 1.165) is 16.7 Å². The van der Waals surface area contributed by atoms with Crippen molar-refractivity contribution in [1.82, 2.24) is 9.88 Å². The molecule has 0 aliphatic rings. The van der Waals surface area contributed by atoms with Crippen molar-refractivity contribution < 1.29 is 14.7 Å². The number of carbonyl (C=O) groups is 2. The Morgan fingerprint density at radius 2 is 1.62 bits per heavy atom. The molecule has 0 aliphatic heterocycles. The lowest BCUT2D eigenvalue weighted by Gasteiger charge is -2.20. The summed E-state index contributed by atoms with van der Waals surface area (Å²) in [6.45, 7) is 2.14. The van der Waals surface area contributed by atoms with Crippen LogP contribution in [0.4, 0.5) is 10.5 Å². The number of hydrogen-bond donors (Lipinski definition) is 3. The largest absolute Gasteiger partial charge is 0.481 e. The number of aromatic nitrogens is 1. The van der Waals surface area contributed by atoms with Crippen molar-refractivity contribution in [1.29, 1.82) is 0 Å². The number of anilines is 1. The topological polar surface area (TPSA) is 100 Å². The van der Waals surface area contributed by atoms with Crippen LogP contribution in [0.5, 0.6) is 0 Å². The number of nitrogens with zero attached hydrogens (tertiary/aromatic N) is 1. The van der Waals surface area contributed by atoms with Gasteiger partial charge in [-0.25, -0.2) is 4.79 Å². The fourth-order valence-corrected chi connectivity index (χ4v) is 4.22. The van der Waals surface area contributed by atoms with Gasteiger partial charge in [0.05, 0.1) is 19.0 Å². The van der Waals surface area contributed by atoms with Crippen LogP contribution in [0.15, 0.2) is 95.9 Å². The van der Waals surface area contributed by atoms with Gasteiger partial charge in [-0.2, -0.15) is 0 Å². The van der Waals surface area contributed by atoms with Gasteiger partial charge in [-0.15, -0.1) is 0 Å². The van der Waals surface area contributed by atoms with Crippen molar-refractivity contribution in [2.75, 3.05) is 5.32 Å². The molecule has 0 saturated carbocycles. The number of aliphatic carboxylic acids is 1. The summed E-state index contributed by atoms with van der Waals surface area (Å²) in [4.78, 5) is 38.2. The van der Waals surface area contributed by atoms with Crippen LogP contribution in [0, 0.1) is 6.92 Å². The summed E-state index contributed by atoms with van der Waals surface area (Å²) in [7, 11) is 0. The number of carboxylic acids is 1. The van der Waals surface area contributed by atoms with E-state index in [4.69, 9.17) is 11.6 Å². The number of carboxylic acid groups (broad SMARTS) is 1. The van der Waals surface area contributed by atoms with Crippen molar-refractivity contribution in [3.8, 4) is 11.1 Å². The highest BCUT2D eigenvalue weighted by Gasteiger charge is 2.21. The van der Waals surface area contributed by atoms with E-state index in [9.17, 15) is 19.5 Å². The first kappa shape index (κ1) is 25.7. The van der Waals surface area contributed by atoms with Crippen molar-refractivity contribution in [3.63, 3.8) is 0 Å². The highest BCUT2D eigenvalue weighted by molar-refractivity contribution is 6.31. The molecule has 37 heavy (non-hydrogen) atoms. The third-order valence-electron chi connectivity index (χ3n) is 5.95. The Hall–Kier alpha value is -4.36. The molecule has 0 bridgehead atoms. The third kappa shape index (κ3) is 6.45. The Morgan fingerprint density at radius 1 is 0.946 bits per heavy atom. The monoisotopic (exact) mass is 515 g/mol. The molecule has 0 radical (unpaired) electrons. The Labute approximate surface area is 219 Å². The Morgan fingerprint density at radius 3 is 2.30 bits per heavy atom. The summed E-state index contributed by atoms with van der Waals surface area (Å²) in [5.74, 6) is -1.06. The van der Waals surface area contributed by atoms with Crippen LogP contribution in [0.1, 0.15) is 29.2 Å². The number of rotatable bonds is 8. The van der Waals surface area contributed by atoms with Crippen LogP contribution < -0.4 is 16.2 Å². The van der Waals surface area contributed by atoms with Gasteiger partial charge in [0.2, 0.25) is 0 Å². The van der Waals surface area contributed by atoms with E-state index in [2.05, 4.69) is 10.6 Å². The zero-order chi connectivity index (χ0) is 26.4. The Kier molecular flexibility index (Phi) is 8.05. The summed E-state index contributed by atoms with van der Waals surface area (Å²) in [6, 6.07) is 24.0. The fraction of sp³-hybridized carbons (Fsp3) is 0.138. The van der Waals surface area contributed by atoms with Crippen molar-refractivity contribution in [2.24, 2.45) is 0 Å². The van der Waals surface area contributed by atoms with Crippen molar-refractivity contribution in [2.45, 2.75) is 25.9 Å². The first-order chi connectivity index (χ1) is 17.8. The van der Waals surface area contributed by atoms with Crippen molar-refractivity contribution in [3.05, 3.63) is 123 Å². The van der Waals surface area contributed by atoms with Gasteiger partial charge in [-0.3, -0.25) is 9.59 Å². The first-order valence-corrected chi connectivity index (χ1v) is 12.1. The molecular weight excluding hydrogens is 490 g/mol. The number of aryl methyl sites for hydroxylation is 1. The lowest BCUT2D eigenvalue weighted by molar-refractivity contribution is -0.137. The van der Waals surface area contributed by atoms with Gasteiger partial charge < -0.3 is 20.3 Å². The highest BCUT2D eigenvalue weighted by atomic mass is 35.5. The maximum Gasteiger partial charge on any atom is 0.319 e. The van der Waals surface area contributed by atoms with Crippen molar-refractivity contribution >= 4 is 29.3 Å². The normalized spacial score (nSPS) is 11.5. The maximum atomic E-state index is 13.6. The molecule has 1 heterocycles. The summed E-state index contributed by atoms with van der Waals surface area (Å²) < 4.78 is 1.47. The van der Waals surface area contributed by atoms with E-state index >= 15 is 0 Å². The van der Waals surface area contributed by atoms with Crippen LogP contribution >= 0.6 is 11.6 Å². The summed E-state index contributed by atoms with van der Waals surface area (Å²) >= 11 is 6.30. The number of nitrogens with one attached hydrogen (secondary N) is 2. The first-order valence-electron chi connectivity index (χ1n) is 11.7. The molecule has 3 N–H and O–H groups in total. The lowest BCUT2D eigenvalue weighted by Crippen LogP contribution is -2.36. The minimum Gasteiger partial charge on any atom is -0.481 e. The average molecular weight is 516 g/mol. The third-order valence-corrected chi connectivity index (χ3v) is 6.32. The number of halogens is 1. The molecule has 4 aromatic rings. The molecule has 8 heteroatoms. The van der Waals surface area contributed by atoms with Gasteiger partial charge in [-0.05, 0) is 35.7 Å². The molecule has 3 aromatic carbocycles. The molecule has 0 spiro atoms. The zero-order valence-corrected chi connectivity index (χ0v) is 20.9. The molecule has 0 unspecified atom stereocenters. The van der Waals surface area contributed by atoms with E-state index in [1.165, 1.54) is 4.57 Å². The van der Waals surface area contributed by atoms with Gasteiger partial charge in [0.15, 0.2) is 0 Å². The molecule has 4 rings (SSSR count). The van der Waals surface area contributed by atoms with Crippen LogP contribution in [-0.2, 0) is 11.3 Å². The van der Waals surface area contributed by atoms with E-state index in [-0.39, 0.29) is 18.7 Å². The molecule has 0 aliphatic carbocycles. The second-order valence-corrected chi connectivity index (χ2v) is 9.06. The summed E-state index contributed by atoms with van der Waals surface area (Å²) in [5, 5.41) is 15.3. The SMILES string of the molecule is Cc1ccc([C@@H](CC(=O)O)NC(=O)Nc2c(-c3ccccc3)ccn(Cc3ccccc3Cl)c2=O)cc1. The number of urea groups is 1. The summed E-state index contributed by atoms with van der Waals surface area (Å²) in [5.41, 5.74) is 3.38. The van der Waals surface area contributed by atoms with Gasteiger partial charge >= 0.3 is 12.0 Å². The lowest BCUT2D eigenvalue weighted by atomic mass is 10.0. The quantitative estimate of drug-likeness (QED) is 0.273. The smallest absolute Gasteiger partial charge is 0.319 e. The Bertz CT molecular complexity index is 1470. The molecular formula is C29H26ClN3O4. The predicted molar refractivity (Wildman–Crippen MR) is 145 cm³/mol. The number of pyridine rings is 1.